The Balaban J connectivity index is 1.85. The summed E-state index contributed by atoms with van der Waals surface area (Å²) in [5, 5.41) is 6.93. The number of hydrogen-bond acceptors (Lipinski definition) is 4. The van der Waals surface area contributed by atoms with Crippen molar-refractivity contribution in [1.82, 2.24) is 10.3 Å². The van der Waals surface area contributed by atoms with Crippen molar-refractivity contribution in [2.75, 3.05) is 12.4 Å². The fourth-order valence-electron chi connectivity index (χ4n) is 1.78. The summed E-state index contributed by atoms with van der Waals surface area (Å²) in [6.45, 7) is 0. The van der Waals surface area contributed by atoms with E-state index in [-0.39, 0.29) is 11.8 Å². The van der Waals surface area contributed by atoms with Crippen LogP contribution in [0.3, 0.4) is 0 Å². The van der Waals surface area contributed by atoms with Crippen molar-refractivity contribution >= 4 is 28.2 Å². The molecule has 0 aliphatic carbocycles. The van der Waals surface area contributed by atoms with Crippen LogP contribution in [0.25, 0.3) is 10.6 Å². The van der Waals surface area contributed by atoms with Crippen LogP contribution in [-0.4, -0.2) is 23.8 Å². The molecule has 1 aromatic heterocycles. The number of anilines is 1. The van der Waals surface area contributed by atoms with E-state index < -0.39 is 0 Å². The summed E-state index contributed by atoms with van der Waals surface area (Å²) in [4.78, 5) is 27.1. The van der Waals surface area contributed by atoms with Crippen molar-refractivity contribution in [2.45, 2.75) is 19.3 Å². The van der Waals surface area contributed by atoms with Crippen LogP contribution in [0.4, 0.5) is 5.00 Å². The van der Waals surface area contributed by atoms with Gasteiger partial charge in [-0.1, -0.05) is 41.7 Å². The van der Waals surface area contributed by atoms with E-state index in [1.807, 2.05) is 30.3 Å². The standard InChI is InChI=1S/C15H17N3O2S/c1-16-12(19)8-5-9-13(20)18-14-10-17-15(21-14)11-6-3-2-4-7-11/h2-4,6-7,10H,5,8-9H2,1H3,(H,16,19)(H,18,20). The third-order valence-corrected chi connectivity index (χ3v) is 3.84. The minimum atomic E-state index is -0.0952. The second-order valence-corrected chi connectivity index (χ2v) is 5.50. The van der Waals surface area contributed by atoms with Gasteiger partial charge in [0.25, 0.3) is 0 Å². The molecule has 0 saturated carbocycles. The SMILES string of the molecule is CNC(=O)CCCC(=O)Nc1cnc(-c2ccccc2)s1. The van der Waals surface area contributed by atoms with Gasteiger partial charge in [-0.05, 0) is 6.42 Å². The van der Waals surface area contributed by atoms with Crippen molar-refractivity contribution < 1.29 is 9.59 Å². The maximum absolute atomic E-state index is 11.8. The molecule has 6 heteroatoms. The summed E-state index contributed by atoms with van der Waals surface area (Å²) in [5.41, 5.74) is 1.03. The van der Waals surface area contributed by atoms with Crippen LogP contribution in [-0.2, 0) is 9.59 Å². The molecule has 0 unspecified atom stereocenters. The van der Waals surface area contributed by atoms with Gasteiger partial charge in [-0.3, -0.25) is 9.59 Å². The fourth-order valence-corrected chi connectivity index (χ4v) is 2.62. The van der Waals surface area contributed by atoms with Crippen LogP contribution >= 0.6 is 11.3 Å². The highest BCUT2D eigenvalue weighted by atomic mass is 32.1. The largest absolute Gasteiger partial charge is 0.359 e. The van der Waals surface area contributed by atoms with Crippen LogP contribution in [0.15, 0.2) is 36.5 Å². The lowest BCUT2D eigenvalue weighted by molar-refractivity contribution is -0.120. The fraction of sp³-hybridized carbons (Fsp3) is 0.267. The van der Waals surface area contributed by atoms with Crippen molar-refractivity contribution in [3.8, 4) is 10.6 Å². The predicted molar refractivity (Wildman–Crippen MR) is 84.1 cm³/mol. The van der Waals surface area contributed by atoms with Crippen LogP contribution in [0.5, 0.6) is 0 Å². The minimum Gasteiger partial charge on any atom is -0.359 e. The number of amides is 2. The van der Waals surface area contributed by atoms with E-state index in [9.17, 15) is 9.59 Å². The van der Waals surface area contributed by atoms with E-state index in [0.717, 1.165) is 15.6 Å². The molecule has 2 rings (SSSR count). The zero-order valence-electron chi connectivity index (χ0n) is 11.8. The Morgan fingerprint density at radius 2 is 1.86 bits per heavy atom. The number of carbonyl (C=O) groups is 2. The van der Waals surface area contributed by atoms with E-state index in [0.29, 0.717) is 19.3 Å². The van der Waals surface area contributed by atoms with Crippen molar-refractivity contribution in [3.63, 3.8) is 0 Å². The smallest absolute Gasteiger partial charge is 0.225 e. The first kappa shape index (κ1) is 15.2. The molecule has 21 heavy (non-hydrogen) atoms. The third-order valence-electron chi connectivity index (χ3n) is 2.88. The summed E-state index contributed by atoms with van der Waals surface area (Å²) in [7, 11) is 1.59. The van der Waals surface area contributed by atoms with Crippen molar-refractivity contribution in [2.24, 2.45) is 0 Å². The molecule has 2 N–H and O–H groups in total. The monoisotopic (exact) mass is 303 g/mol. The first-order valence-electron chi connectivity index (χ1n) is 6.70. The molecule has 110 valence electrons. The topological polar surface area (TPSA) is 71.1 Å². The summed E-state index contributed by atoms with van der Waals surface area (Å²) >= 11 is 1.44. The Morgan fingerprint density at radius 1 is 1.14 bits per heavy atom. The van der Waals surface area contributed by atoms with Crippen LogP contribution in [0, 0.1) is 0 Å². The molecule has 0 radical (unpaired) electrons. The summed E-state index contributed by atoms with van der Waals surface area (Å²) < 4.78 is 0. The number of aromatic nitrogens is 1. The molecule has 2 amide bonds. The van der Waals surface area contributed by atoms with E-state index in [1.165, 1.54) is 11.3 Å². The Hall–Kier alpha value is -2.21. The van der Waals surface area contributed by atoms with Crippen LogP contribution < -0.4 is 10.6 Å². The van der Waals surface area contributed by atoms with E-state index in [2.05, 4.69) is 15.6 Å². The second-order valence-electron chi connectivity index (χ2n) is 4.47. The molecule has 1 aromatic carbocycles. The van der Waals surface area contributed by atoms with Gasteiger partial charge < -0.3 is 10.6 Å². The number of hydrogen-bond donors (Lipinski definition) is 2. The second kappa shape index (κ2) is 7.54. The summed E-state index contributed by atoms with van der Waals surface area (Å²) in [6, 6.07) is 9.81. The van der Waals surface area contributed by atoms with Gasteiger partial charge in [0.1, 0.15) is 10.0 Å². The number of carbonyl (C=O) groups excluding carboxylic acids is 2. The summed E-state index contributed by atoms with van der Waals surface area (Å²) in [5.74, 6) is -0.144. The van der Waals surface area contributed by atoms with Gasteiger partial charge in [-0.2, -0.15) is 0 Å². The third kappa shape index (κ3) is 4.68. The van der Waals surface area contributed by atoms with Crippen molar-refractivity contribution in [1.29, 1.82) is 0 Å². The Bertz CT molecular complexity index is 610. The summed E-state index contributed by atoms with van der Waals surface area (Å²) in [6.07, 6.45) is 2.88. The van der Waals surface area contributed by atoms with Gasteiger partial charge in [0.15, 0.2) is 0 Å². The molecule has 0 aliphatic heterocycles. The zero-order valence-corrected chi connectivity index (χ0v) is 12.6. The molecule has 0 atom stereocenters. The van der Waals surface area contributed by atoms with E-state index >= 15 is 0 Å². The highest BCUT2D eigenvalue weighted by Gasteiger charge is 2.08. The number of nitrogens with one attached hydrogen (secondary N) is 2. The Labute approximate surface area is 127 Å². The maximum Gasteiger partial charge on any atom is 0.225 e. The first-order valence-corrected chi connectivity index (χ1v) is 7.52. The lowest BCUT2D eigenvalue weighted by Gasteiger charge is -2.01. The highest BCUT2D eigenvalue weighted by Crippen LogP contribution is 2.28. The zero-order chi connectivity index (χ0) is 15.1. The Kier molecular flexibility index (Phi) is 5.45. The maximum atomic E-state index is 11.8. The predicted octanol–water partition coefficient (Wildman–Crippen LogP) is 2.66. The number of benzene rings is 1. The minimum absolute atomic E-state index is 0.0491. The molecule has 1 heterocycles. The molecular formula is C15H17N3O2S. The molecule has 0 saturated heterocycles. The average molecular weight is 303 g/mol. The van der Waals surface area contributed by atoms with Gasteiger partial charge in [0.05, 0.1) is 6.20 Å². The molecule has 5 nitrogen and oxygen atoms in total. The van der Waals surface area contributed by atoms with Crippen LogP contribution in [0.1, 0.15) is 19.3 Å². The average Bonchev–Trinajstić information content (AvgIpc) is 2.96. The van der Waals surface area contributed by atoms with E-state index in [4.69, 9.17) is 0 Å². The molecule has 0 fully saturated rings. The first-order chi connectivity index (χ1) is 10.2. The lowest BCUT2D eigenvalue weighted by atomic mass is 10.2. The normalized spacial score (nSPS) is 10.1. The molecule has 2 aromatic rings. The number of thiazole rings is 1. The number of rotatable bonds is 6. The van der Waals surface area contributed by atoms with Gasteiger partial charge in [0.2, 0.25) is 11.8 Å². The van der Waals surface area contributed by atoms with Gasteiger partial charge in [-0.15, -0.1) is 0 Å². The van der Waals surface area contributed by atoms with Crippen molar-refractivity contribution in [3.05, 3.63) is 36.5 Å². The van der Waals surface area contributed by atoms with Gasteiger partial charge in [-0.25, -0.2) is 4.98 Å². The molecular weight excluding hydrogens is 286 g/mol. The highest BCUT2D eigenvalue weighted by molar-refractivity contribution is 7.19. The van der Waals surface area contributed by atoms with E-state index in [1.54, 1.807) is 13.2 Å². The molecule has 0 aliphatic rings. The van der Waals surface area contributed by atoms with Gasteiger partial charge >= 0.3 is 0 Å². The van der Waals surface area contributed by atoms with Crippen LogP contribution in [0.2, 0.25) is 0 Å². The molecule has 0 spiro atoms. The quantitative estimate of drug-likeness (QED) is 0.862. The molecule has 0 bridgehead atoms. The Morgan fingerprint density at radius 3 is 2.57 bits per heavy atom. The lowest BCUT2D eigenvalue weighted by Crippen LogP contribution is -2.18. The number of nitrogens with zero attached hydrogens (tertiary/aromatic N) is 1. The van der Waals surface area contributed by atoms with Gasteiger partial charge in [0, 0.05) is 25.5 Å².